The van der Waals surface area contributed by atoms with Crippen LogP contribution in [0.25, 0.3) is 0 Å². The number of piperidine rings is 1. The number of aliphatic hydroxyl groups is 1. The number of aliphatic hydroxyl groups excluding tert-OH is 1. The highest BCUT2D eigenvalue weighted by atomic mass is 16.5. The van der Waals surface area contributed by atoms with Crippen LogP contribution in [0.1, 0.15) is 37.9 Å². The van der Waals surface area contributed by atoms with Crippen LogP contribution in [0.2, 0.25) is 0 Å². The molecular formula is C16H25NO3. The monoisotopic (exact) mass is 279 g/mol. The molecule has 1 aromatic rings. The first-order chi connectivity index (χ1) is 9.63. The number of benzene rings is 1. The third kappa shape index (κ3) is 3.64. The molecule has 20 heavy (non-hydrogen) atoms. The largest absolute Gasteiger partial charge is 0.497 e. The maximum Gasteiger partial charge on any atom is 0.124 e. The van der Waals surface area contributed by atoms with E-state index in [-0.39, 0.29) is 0 Å². The van der Waals surface area contributed by atoms with Gasteiger partial charge in [-0.25, -0.2) is 0 Å². The van der Waals surface area contributed by atoms with Crippen LogP contribution in [0.4, 0.5) is 0 Å². The van der Waals surface area contributed by atoms with Gasteiger partial charge in [-0.3, -0.25) is 0 Å². The summed E-state index contributed by atoms with van der Waals surface area (Å²) in [6.07, 6.45) is 2.49. The Labute approximate surface area is 121 Å². The zero-order valence-corrected chi connectivity index (χ0v) is 12.6. The predicted molar refractivity (Wildman–Crippen MR) is 79.3 cm³/mol. The van der Waals surface area contributed by atoms with Crippen molar-refractivity contribution >= 4 is 0 Å². The third-order valence-electron chi connectivity index (χ3n) is 4.06. The Morgan fingerprint density at radius 2 is 2.15 bits per heavy atom. The van der Waals surface area contributed by atoms with Crippen molar-refractivity contribution in [3.05, 3.63) is 23.8 Å². The van der Waals surface area contributed by atoms with Crippen molar-refractivity contribution in [3.8, 4) is 11.5 Å². The Balaban J connectivity index is 2.09. The molecule has 1 aromatic carbocycles. The van der Waals surface area contributed by atoms with Crippen LogP contribution in [0, 0.1) is 5.92 Å². The summed E-state index contributed by atoms with van der Waals surface area (Å²) in [6, 6.07) is 5.91. The van der Waals surface area contributed by atoms with Gasteiger partial charge in [0.15, 0.2) is 0 Å². The lowest BCUT2D eigenvalue weighted by molar-refractivity contribution is 0.135. The van der Waals surface area contributed by atoms with E-state index in [1.165, 1.54) is 6.42 Å². The van der Waals surface area contributed by atoms with Crippen LogP contribution in [0.5, 0.6) is 11.5 Å². The number of hydrogen-bond donors (Lipinski definition) is 2. The molecule has 0 aliphatic carbocycles. The molecule has 0 bridgehead atoms. The summed E-state index contributed by atoms with van der Waals surface area (Å²) < 4.78 is 10.6. The summed E-state index contributed by atoms with van der Waals surface area (Å²) in [5, 5.41) is 14.0. The number of rotatable bonds is 5. The quantitative estimate of drug-likeness (QED) is 0.869. The van der Waals surface area contributed by atoms with E-state index in [2.05, 4.69) is 12.2 Å². The molecule has 0 radical (unpaired) electrons. The molecule has 3 unspecified atom stereocenters. The van der Waals surface area contributed by atoms with Gasteiger partial charge in [0.2, 0.25) is 0 Å². The molecule has 1 aliphatic rings. The fourth-order valence-corrected chi connectivity index (χ4v) is 2.90. The lowest BCUT2D eigenvalue weighted by Crippen LogP contribution is -2.38. The van der Waals surface area contributed by atoms with E-state index in [4.69, 9.17) is 9.47 Å². The minimum absolute atomic E-state index is 0.365. The predicted octanol–water partition coefficient (Wildman–Crippen LogP) is 2.52. The first-order valence-corrected chi connectivity index (χ1v) is 7.27. The highest BCUT2D eigenvalue weighted by Gasteiger charge is 2.23. The van der Waals surface area contributed by atoms with Gasteiger partial charge in [-0.15, -0.1) is 0 Å². The lowest BCUT2D eigenvalue weighted by Gasteiger charge is -2.30. The maximum atomic E-state index is 10.5. The Bertz CT molecular complexity index is 436. The van der Waals surface area contributed by atoms with Crippen LogP contribution >= 0.6 is 0 Å². The van der Waals surface area contributed by atoms with Crippen LogP contribution in [-0.2, 0) is 0 Å². The number of methoxy groups -OCH3 is 2. The summed E-state index contributed by atoms with van der Waals surface area (Å²) in [4.78, 5) is 0. The molecule has 1 heterocycles. The molecule has 3 atom stereocenters. The highest BCUT2D eigenvalue weighted by Crippen LogP contribution is 2.33. The van der Waals surface area contributed by atoms with E-state index >= 15 is 0 Å². The average Bonchev–Trinajstić information content (AvgIpc) is 2.46. The second kappa shape index (κ2) is 6.95. The minimum atomic E-state index is -0.539. The van der Waals surface area contributed by atoms with Crippen molar-refractivity contribution in [2.24, 2.45) is 5.92 Å². The van der Waals surface area contributed by atoms with Crippen LogP contribution in [0.3, 0.4) is 0 Å². The Morgan fingerprint density at radius 1 is 1.35 bits per heavy atom. The smallest absolute Gasteiger partial charge is 0.124 e. The van der Waals surface area contributed by atoms with Crippen LogP contribution in [-0.4, -0.2) is 31.9 Å². The normalized spacial score (nSPS) is 24.2. The SMILES string of the molecule is COc1ccc(OC)c(C(O)CC2CC(C)CCN2)c1. The molecule has 2 N–H and O–H groups in total. The molecule has 1 fully saturated rings. The van der Waals surface area contributed by atoms with Gasteiger partial charge in [0.25, 0.3) is 0 Å². The van der Waals surface area contributed by atoms with Crippen molar-refractivity contribution in [1.82, 2.24) is 5.32 Å². The molecule has 4 heteroatoms. The zero-order chi connectivity index (χ0) is 14.5. The van der Waals surface area contributed by atoms with Gasteiger partial charge >= 0.3 is 0 Å². The second-order valence-electron chi connectivity index (χ2n) is 5.64. The fourth-order valence-electron chi connectivity index (χ4n) is 2.90. The van der Waals surface area contributed by atoms with Crippen molar-refractivity contribution in [1.29, 1.82) is 0 Å². The number of ether oxygens (including phenoxy) is 2. The molecule has 0 amide bonds. The van der Waals surface area contributed by atoms with E-state index < -0.39 is 6.10 Å². The molecule has 0 aromatic heterocycles. The molecule has 0 saturated carbocycles. The van der Waals surface area contributed by atoms with E-state index in [1.54, 1.807) is 14.2 Å². The summed E-state index contributed by atoms with van der Waals surface area (Å²) in [5.41, 5.74) is 0.798. The summed E-state index contributed by atoms with van der Waals surface area (Å²) >= 11 is 0. The van der Waals surface area contributed by atoms with E-state index in [0.717, 1.165) is 30.2 Å². The number of hydrogen-bond acceptors (Lipinski definition) is 4. The van der Waals surface area contributed by atoms with E-state index in [1.807, 2.05) is 18.2 Å². The zero-order valence-electron chi connectivity index (χ0n) is 12.6. The molecule has 1 saturated heterocycles. The van der Waals surface area contributed by atoms with E-state index in [9.17, 15) is 5.11 Å². The third-order valence-corrected chi connectivity index (χ3v) is 4.06. The summed E-state index contributed by atoms with van der Waals surface area (Å²) in [7, 11) is 3.25. The van der Waals surface area contributed by atoms with Gasteiger partial charge in [-0.2, -0.15) is 0 Å². The van der Waals surface area contributed by atoms with Gasteiger partial charge < -0.3 is 19.9 Å². The topological polar surface area (TPSA) is 50.7 Å². The summed E-state index contributed by atoms with van der Waals surface area (Å²) in [5.74, 6) is 2.17. The van der Waals surface area contributed by atoms with Crippen LogP contribution < -0.4 is 14.8 Å². The molecule has 0 spiro atoms. The van der Waals surface area contributed by atoms with Gasteiger partial charge in [0.1, 0.15) is 11.5 Å². The first kappa shape index (κ1) is 15.1. The standard InChI is InChI=1S/C16H25NO3/c1-11-6-7-17-12(8-11)9-15(18)14-10-13(19-2)4-5-16(14)20-3/h4-5,10-12,15,17-18H,6-9H2,1-3H3. The number of nitrogens with one attached hydrogen (secondary N) is 1. The Kier molecular flexibility index (Phi) is 5.26. The summed E-state index contributed by atoms with van der Waals surface area (Å²) in [6.45, 7) is 3.31. The minimum Gasteiger partial charge on any atom is -0.497 e. The van der Waals surface area contributed by atoms with Crippen molar-refractivity contribution in [2.75, 3.05) is 20.8 Å². The lowest BCUT2D eigenvalue weighted by atomic mass is 9.89. The molecular weight excluding hydrogens is 254 g/mol. The molecule has 112 valence electrons. The van der Waals surface area contributed by atoms with Crippen molar-refractivity contribution in [2.45, 2.75) is 38.3 Å². The van der Waals surface area contributed by atoms with E-state index in [0.29, 0.717) is 18.2 Å². The van der Waals surface area contributed by atoms with Gasteiger partial charge in [0, 0.05) is 11.6 Å². The maximum absolute atomic E-state index is 10.5. The van der Waals surface area contributed by atoms with Crippen LogP contribution in [0.15, 0.2) is 18.2 Å². The first-order valence-electron chi connectivity index (χ1n) is 7.27. The highest BCUT2D eigenvalue weighted by molar-refractivity contribution is 5.41. The van der Waals surface area contributed by atoms with Crippen molar-refractivity contribution in [3.63, 3.8) is 0 Å². The molecule has 4 nitrogen and oxygen atoms in total. The van der Waals surface area contributed by atoms with Gasteiger partial charge in [0.05, 0.1) is 20.3 Å². The second-order valence-corrected chi connectivity index (χ2v) is 5.64. The van der Waals surface area contributed by atoms with Crippen molar-refractivity contribution < 1.29 is 14.6 Å². The Hall–Kier alpha value is -1.26. The molecule has 1 aliphatic heterocycles. The van der Waals surface area contributed by atoms with Gasteiger partial charge in [-0.05, 0) is 49.9 Å². The Morgan fingerprint density at radius 3 is 2.80 bits per heavy atom. The van der Waals surface area contributed by atoms with Gasteiger partial charge in [-0.1, -0.05) is 6.92 Å². The average molecular weight is 279 g/mol. The molecule has 2 rings (SSSR count). The fraction of sp³-hybridized carbons (Fsp3) is 0.625.